The summed E-state index contributed by atoms with van der Waals surface area (Å²) in [6, 6.07) is 6.13. The molecule has 2 aromatic carbocycles. The molecule has 7 N–H and O–H groups in total. The minimum Gasteiger partial charge on any atom is -0.504 e. The highest BCUT2D eigenvalue weighted by atomic mass is 16.7. The fraction of sp³-hybridized carbons (Fsp3) is 0.318. The first-order chi connectivity index (χ1) is 16.2. The summed E-state index contributed by atoms with van der Waals surface area (Å²) in [5.41, 5.74) is -0.957. The summed E-state index contributed by atoms with van der Waals surface area (Å²) >= 11 is 0. The second-order valence-corrected chi connectivity index (χ2v) is 7.63. The molecule has 1 fully saturated rings. The third-order valence-electron chi connectivity index (χ3n) is 5.47. The topological polar surface area (TPSA) is 200 Å². The second-order valence-electron chi connectivity index (χ2n) is 7.63. The maximum atomic E-state index is 13.1. The Kier molecular flexibility index (Phi) is 6.25. The molecule has 1 aliphatic rings. The molecular formula is C22H22O12. The number of benzene rings is 2. The van der Waals surface area contributed by atoms with Gasteiger partial charge in [0.15, 0.2) is 17.3 Å². The highest BCUT2D eigenvalue weighted by molar-refractivity contribution is 5.88. The number of aliphatic hydroxyl groups excluding tert-OH is 4. The molecule has 1 aliphatic heterocycles. The Bertz CT molecular complexity index is 1270. The van der Waals surface area contributed by atoms with Crippen LogP contribution >= 0.6 is 0 Å². The van der Waals surface area contributed by atoms with Gasteiger partial charge in [0.05, 0.1) is 13.7 Å². The van der Waals surface area contributed by atoms with Crippen molar-refractivity contribution in [3.05, 3.63) is 40.6 Å². The molecule has 0 saturated carbocycles. The number of phenols is 2. The lowest BCUT2D eigenvalue weighted by atomic mass is 9.99. The van der Waals surface area contributed by atoms with Crippen molar-refractivity contribution in [1.82, 2.24) is 0 Å². The minimum absolute atomic E-state index is 0.0889. The van der Waals surface area contributed by atoms with Crippen LogP contribution in [0.15, 0.2) is 39.5 Å². The summed E-state index contributed by atoms with van der Waals surface area (Å²) < 4.78 is 21.8. The van der Waals surface area contributed by atoms with Crippen LogP contribution in [0.4, 0.5) is 0 Å². The lowest BCUT2D eigenvalue weighted by Gasteiger charge is -2.39. The van der Waals surface area contributed by atoms with E-state index in [1.54, 1.807) is 0 Å². The third kappa shape index (κ3) is 3.97. The zero-order valence-corrected chi connectivity index (χ0v) is 17.7. The molecule has 3 aromatic rings. The first kappa shape index (κ1) is 23.6. The highest BCUT2D eigenvalue weighted by Gasteiger charge is 2.45. The molecule has 34 heavy (non-hydrogen) atoms. The first-order valence-electron chi connectivity index (χ1n) is 10.0. The number of aromatic hydroxyl groups is 3. The maximum absolute atomic E-state index is 13.1. The van der Waals surface area contributed by atoms with Crippen molar-refractivity contribution in [2.24, 2.45) is 0 Å². The fourth-order valence-electron chi connectivity index (χ4n) is 3.61. The summed E-state index contributed by atoms with van der Waals surface area (Å²) in [5, 5.41) is 69.2. The van der Waals surface area contributed by atoms with Crippen LogP contribution in [0.25, 0.3) is 22.3 Å². The molecule has 5 atom stereocenters. The lowest BCUT2D eigenvalue weighted by molar-refractivity contribution is -0.277. The Hall–Kier alpha value is -3.55. The zero-order chi connectivity index (χ0) is 24.7. The summed E-state index contributed by atoms with van der Waals surface area (Å²) in [6.45, 7) is -0.685. The van der Waals surface area contributed by atoms with Gasteiger partial charge in [-0.2, -0.15) is 0 Å². The van der Waals surface area contributed by atoms with Crippen molar-refractivity contribution in [2.75, 3.05) is 13.7 Å². The van der Waals surface area contributed by atoms with Crippen LogP contribution in [-0.4, -0.2) is 80.2 Å². The predicted octanol–water partition coefficient (Wildman–Crippen LogP) is -0.236. The molecule has 0 spiro atoms. The molecular weight excluding hydrogens is 456 g/mol. The molecule has 0 amide bonds. The van der Waals surface area contributed by atoms with Gasteiger partial charge in [0.2, 0.25) is 17.5 Å². The Labute approximate surface area is 191 Å². The molecule has 12 nitrogen and oxygen atoms in total. The van der Waals surface area contributed by atoms with Gasteiger partial charge in [-0.05, 0) is 18.2 Å². The molecule has 1 aromatic heterocycles. The minimum atomic E-state index is -1.75. The van der Waals surface area contributed by atoms with Crippen molar-refractivity contribution in [3.8, 4) is 40.1 Å². The van der Waals surface area contributed by atoms with Crippen molar-refractivity contribution in [2.45, 2.75) is 30.7 Å². The van der Waals surface area contributed by atoms with Gasteiger partial charge in [-0.25, -0.2) is 0 Å². The van der Waals surface area contributed by atoms with E-state index in [9.17, 15) is 40.5 Å². The van der Waals surface area contributed by atoms with E-state index in [1.165, 1.54) is 25.3 Å². The normalized spacial score (nSPS) is 24.8. The third-order valence-corrected chi connectivity index (χ3v) is 5.47. The van der Waals surface area contributed by atoms with Crippen LogP contribution in [0, 0.1) is 0 Å². The van der Waals surface area contributed by atoms with E-state index in [2.05, 4.69) is 0 Å². The quantitative estimate of drug-likeness (QED) is 0.238. The number of ether oxygens (including phenoxy) is 3. The van der Waals surface area contributed by atoms with Gasteiger partial charge in [0.25, 0.3) is 0 Å². The first-order valence-corrected chi connectivity index (χ1v) is 10.0. The number of hydrogen-bond donors (Lipinski definition) is 7. The lowest BCUT2D eigenvalue weighted by Crippen LogP contribution is -2.60. The van der Waals surface area contributed by atoms with E-state index in [-0.39, 0.29) is 33.8 Å². The Morgan fingerprint density at radius 3 is 2.35 bits per heavy atom. The van der Waals surface area contributed by atoms with Gasteiger partial charge in [-0.15, -0.1) is 0 Å². The number of rotatable bonds is 5. The molecule has 1 saturated heterocycles. The number of phenolic OH excluding ortho intramolecular Hbond substituents is 2. The molecule has 12 heteroatoms. The smallest absolute Gasteiger partial charge is 0.238 e. The van der Waals surface area contributed by atoms with Crippen LogP contribution in [-0.2, 0) is 4.74 Å². The summed E-state index contributed by atoms with van der Waals surface area (Å²) in [6.07, 6.45) is -7.94. The summed E-state index contributed by atoms with van der Waals surface area (Å²) in [7, 11) is 1.33. The van der Waals surface area contributed by atoms with Crippen LogP contribution in [0.5, 0.6) is 28.7 Å². The van der Waals surface area contributed by atoms with Crippen LogP contribution in [0.3, 0.4) is 0 Å². The maximum Gasteiger partial charge on any atom is 0.238 e. The van der Waals surface area contributed by atoms with E-state index < -0.39 is 60.0 Å². The monoisotopic (exact) mass is 478 g/mol. The molecule has 182 valence electrons. The summed E-state index contributed by atoms with van der Waals surface area (Å²) in [4.78, 5) is 13.1. The van der Waals surface area contributed by atoms with Gasteiger partial charge in [0, 0.05) is 17.7 Å². The standard InChI is InChI=1S/C22H22O12/c1-31-9-5-12-15(13(6-9)33-22-20(30)18(28)16(26)14(7-23)34-22)17(27)19(29)21(32-12)8-2-3-10(24)11(25)4-8/h2-6,14,16,18,20,22-26,28-30H,7H2,1H3/t14-,16-,18-,20-,22-/m0/s1. The number of fused-ring (bicyclic) bond motifs is 1. The van der Waals surface area contributed by atoms with Gasteiger partial charge in [-0.3, -0.25) is 4.79 Å². The predicted molar refractivity (Wildman–Crippen MR) is 114 cm³/mol. The van der Waals surface area contributed by atoms with Crippen LogP contribution < -0.4 is 14.9 Å². The fourth-order valence-corrected chi connectivity index (χ4v) is 3.61. The SMILES string of the molecule is COc1cc(O[C@H]2O[C@@H](CO)[C@H](O)[C@H](O)[C@@H]2O)c2c(=O)c(O)c(-c3ccc(O)c(O)c3)oc2c1. The molecule has 0 aliphatic carbocycles. The summed E-state index contributed by atoms with van der Waals surface area (Å²) in [5.74, 6) is -2.15. The Balaban J connectivity index is 1.84. The van der Waals surface area contributed by atoms with Crippen LogP contribution in [0.2, 0.25) is 0 Å². The van der Waals surface area contributed by atoms with Crippen molar-refractivity contribution < 1.29 is 54.4 Å². The molecule has 0 bridgehead atoms. The number of methoxy groups -OCH3 is 1. The molecule has 4 rings (SSSR count). The van der Waals surface area contributed by atoms with Crippen molar-refractivity contribution in [1.29, 1.82) is 0 Å². The van der Waals surface area contributed by atoms with Crippen molar-refractivity contribution in [3.63, 3.8) is 0 Å². The van der Waals surface area contributed by atoms with Gasteiger partial charge in [-0.1, -0.05) is 0 Å². The molecule has 2 heterocycles. The van der Waals surface area contributed by atoms with Gasteiger partial charge >= 0.3 is 0 Å². The van der Waals surface area contributed by atoms with E-state index in [4.69, 9.17) is 18.6 Å². The Morgan fingerprint density at radius 2 is 1.71 bits per heavy atom. The average molecular weight is 478 g/mol. The number of aliphatic hydroxyl groups is 4. The molecule has 0 radical (unpaired) electrons. The zero-order valence-electron chi connectivity index (χ0n) is 17.7. The number of hydrogen-bond acceptors (Lipinski definition) is 12. The van der Waals surface area contributed by atoms with E-state index >= 15 is 0 Å². The largest absolute Gasteiger partial charge is 0.504 e. The van der Waals surface area contributed by atoms with E-state index in [0.29, 0.717) is 0 Å². The van der Waals surface area contributed by atoms with E-state index in [1.807, 2.05) is 0 Å². The van der Waals surface area contributed by atoms with E-state index in [0.717, 1.165) is 12.1 Å². The second kappa shape index (κ2) is 9.00. The highest BCUT2D eigenvalue weighted by Crippen LogP contribution is 2.39. The van der Waals surface area contributed by atoms with Gasteiger partial charge < -0.3 is 54.4 Å². The van der Waals surface area contributed by atoms with Gasteiger partial charge in [0.1, 0.15) is 46.9 Å². The average Bonchev–Trinajstić information content (AvgIpc) is 2.83. The van der Waals surface area contributed by atoms with Crippen LogP contribution in [0.1, 0.15) is 0 Å². The molecule has 0 unspecified atom stereocenters. The van der Waals surface area contributed by atoms with Crippen molar-refractivity contribution >= 4 is 11.0 Å². The Morgan fingerprint density at radius 1 is 0.971 bits per heavy atom.